The zero-order valence-corrected chi connectivity index (χ0v) is 14.2. The standard InChI is InChI=1S/C20H21FN2O2/c1-22-20(25)16-12-19(24)23(13-16)18-9-7-14(8-10-18)5-6-15-3-2-4-17(21)11-15/h2-4,7-11,16H,5-6,12-13H2,1H3,(H,22,25)/t16-/m0/s1. The van der Waals surface area contributed by atoms with Gasteiger partial charge in [-0.15, -0.1) is 0 Å². The molecule has 3 rings (SSSR count). The zero-order valence-electron chi connectivity index (χ0n) is 14.2. The number of hydrogen-bond acceptors (Lipinski definition) is 2. The number of carbonyl (C=O) groups is 2. The fourth-order valence-electron chi connectivity index (χ4n) is 3.16. The van der Waals surface area contributed by atoms with Gasteiger partial charge < -0.3 is 10.2 Å². The van der Waals surface area contributed by atoms with Gasteiger partial charge >= 0.3 is 0 Å². The van der Waals surface area contributed by atoms with Crippen molar-refractivity contribution in [2.75, 3.05) is 18.5 Å². The molecule has 1 aliphatic heterocycles. The fraction of sp³-hybridized carbons (Fsp3) is 0.300. The number of benzene rings is 2. The third-order valence-electron chi connectivity index (χ3n) is 4.58. The van der Waals surface area contributed by atoms with E-state index >= 15 is 0 Å². The Balaban J connectivity index is 1.62. The van der Waals surface area contributed by atoms with Crippen molar-refractivity contribution in [3.05, 3.63) is 65.5 Å². The molecule has 0 saturated carbocycles. The second-order valence-electron chi connectivity index (χ2n) is 6.32. The summed E-state index contributed by atoms with van der Waals surface area (Å²) in [4.78, 5) is 25.5. The number of carbonyl (C=O) groups excluding carboxylic acids is 2. The smallest absolute Gasteiger partial charge is 0.227 e. The molecule has 2 amide bonds. The van der Waals surface area contributed by atoms with Crippen LogP contribution in [-0.2, 0) is 22.4 Å². The lowest BCUT2D eigenvalue weighted by Crippen LogP contribution is -2.30. The predicted molar refractivity (Wildman–Crippen MR) is 94.8 cm³/mol. The molecule has 25 heavy (non-hydrogen) atoms. The van der Waals surface area contributed by atoms with Crippen LogP contribution in [0.4, 0.5) is 10.1 Å². The van der Waals surface area contributed by atoms with Crippen LogP contribution in [0.25, 0.3) is 0 Å². The van der Waals surface area contributed by atoms with Crippen LogP contribution in [0.1, 0.15) is 17.5 Å². The molecule has 0 spiro atoms. The molecule has 0 unspecified atom stereocenters. The molecule has 1 atom stereocenters. The number of aryl methyl sites for hydroxylation is 2. The van der Waals surface area contributed by atoms with Crippen molar-refractivity contribution in [3.8, 4) is 0 Å². The van der Waals surface area contributed by atoms with E-state index in [-0.39, 0.29) is 30.0 Å². The van der Waals surface area contributed by atoms with E-state index in [1.54, 1.807) is 24.1 Å². The van der Waals surface area contributed by atoms with Crippen molar-refractivity contribution in [2.45, 2.75) is 19.3 Å². The van der Waals surface area contributed by atoms with Crippen LogP contribution in [0.3, 0.4) is 0 Å². The van der Waals surface area contributed by atoms with Crippen LogP contribution in [-0.4, -0.2) is 25.4 Å². The fourth-order valence-corrected chi connectivity index (χ4v) is 3.16. The molecule has 0 bridgehead atoms. The number of nitrogens with zero attached hydrogens (tertiary/aromatic N) is 1. The van der Waals surface area contributed by atoms with Crippen molar-refractivity contribution in [2.24, 2.45) is 5.92 Å². The van der Waals surface area contributed by atoms with Crippen molar-refractivity contribution in [1.82, 2.24) is 5.32 Å². The van der Waals surface area contributed by atoms with Crippen LogP contribution in [0.15, 0.2) is 48.5 Å². The van der Waals surface area contributed by atoms with E-state index in [2.05, 4.69) is 5.32 Å². The number of amides is 2. The van der Waals surface area contributed by atoms with Crippen LogP contribution in [0, 0.1) is 11.7 Å². The average molecular weight is 340 g/mol. The van der Waals surface area contributed by atoms with Crippen molar-refractivity contribution in [3.63, 3.8) is 0 Å². The summed E-state index contributed by atoms with van der Waals surface area (Å²) in [5.74, 6) is -0.625. The maximum Gasteiger partial charge on any atom is 0.227 e. The van der Waals surface area contributed by atoms with Crippen molar-refractivity contribution < 1.29 is 14.0 Å². The largest absolute Gasteiger partial charge is 0.359 e. The number of halogens is 1. The average Bonchev–Trinajstić information content (AvgIpc) is 3.01. The first-order valence-corrected chi connectivity index (χ1v) is 8.42. The highest BCUT2D eigenvalue weighted by Gasteiger charge is 2.34. The first-order valence-electron chi connectivity index (χ1n) is 8.42. The van der Waals surface area contributed by atoms with E-state index < -0.39 is 0 Å². The number of anilines is 1. The van der Waals surface area contributed by atoms with Crippen LogP contribution in [0.2, 0.25) is 0 Å². The van der Waals surface area contributed by atoms with Crippen LogP contribution >= 0.6 is 0 Å². The predicted octanol–water partition coefficient (Wildman–Crippen LogP) is 2.71. The molecule has 0 aliphatic carbocycles. The van der Waals surface area contributed by atoms with Crippen LogP contribution in [0.5, 0.6) is 0 Å². The molecule has 2 aromatic rings. The molecule has 0 aromatic heterocycles. The van der Waals surface area contributed by atoms with Gasteiger partial charge in [0.1, 0.15) is 5.82 Å². The number of rotatable bonds is 5. The Kier molecular flexibility index (Phi) is 5.12. The summed E-state index contributed by atoms with van der Waals surface area (Å²) in [6.07, 6.45) is 1.82. The summed E-state index contributed by atoms with van der Waals surface area (Å²) < 4.78 is 13.2. The Morgan fingerprint density at radius 3 is 2.56 bits per heavy atom. The Hall–Kier alpha value is -2.69. The molecule has 1 aliphatic rings. The third kappa shape index (κ3) is 4.05. The number of hydrogen-bond donors (Lipinski definition) is 1. The van der Waals surface area contributed by atoms with Gasteiger partial charge in [-0.3, -0.25) is 9.59 Å². The lowest BCUT2D eigenvalue weighted by atomic mass is 10.0. The van der Waals surface area contributed by atoms with Crippen molar-refractivity contribution in [1.29, 1.82) is 0 Å². The summed E-state index contributed by atoms with van der Waals surface area (Å²) in [5.41, 5.74) is 2.90. The van der Waals surface area contributed by atoms with Gasteiger partial charge in [-0.2, -0.15) is 0 Å². The van der Waals surface area contributed by atoms with Gasteiger partial charge in [0.25, 0.3) is 0 Å². The van der Waals surface area contributed by atoms with E-state index in [9.17, 15) is 14.0 Å². The Morgan fingerprint density at radius 2 is 1.88 bits per heavy atom. The molecular formula is C20H21FN2O2. The molecule has 1 N–H and O–H groups in total. The summed E-state index contributed by atoms with van der Waals surface area (Å²) in [7, 11) is 1.59. The lowest BCUT2D eigenvalue weighted by Gasteiger charge is -2.17. The Labute approximate surface area is 146 Å². The normalized spacial score (nSPS) is 17.0. The van der Waals surface area contributed by atoms with Gasteiger partial charge in [0.15, 0.2) is 0 Å². The van der Waals surface area contributed by atoms with Gasteiger partial charge in [0.05, 0.1) is 5.92 Å². The summed E-state index contributed by atoms with van der Waals surface area (Å²) in [6.45, 7) is 0.418. The first-order chi connectivity index (χ1) is 12.1. The molecular weight excluding hydrogens is 319 g/mol. The molecule has 130 valence electrons. The highest BCUT2D eigenvalue weighted by molar-refractivity contribution is 6.00. The first kappa shape index (κ1) is 17.1. The monoisotopic (exact) mass is 340 g/mol. The van der Waals surface area contributed by atoms with Gasteiger partial charge in [0, 0.05) is 25.7 Å². The van der Waals surface area contributed by atoms with E-state index in [4.69, 9.17) is 0 Å². The van der Waals surface area contributed by atoms with Gasteiger partial charge in [-0.05, 0) is 48.2 Å². The Bertz CT molecular complexity index is 774. The minimum atomic E-state index is -0.287. The second-order valence-corrected chi connectivity index (χ2v) is 6.32. The lowest BCUT2D eigenvalue weighted by molar-refractivity contribution is -0.125. The molecule has 2 aromatic carbocycles. The number of nitrogens with one attached hydrogen (secondary N) is 1. The van der Waals surface area contributed by atoms with Gasteiger partial charge in [-0.1, -0.05) is 24.3 Å². The zero-order chi connectivity index (χ0) is 17.8. The quantitative estimate of drug-likeness (QED) is 0.910. The minimum absolute atomic E-state index is 0.0267. The third-order valence-corrected chi connectivity index (χ3v) is 4.58. The van der Waals surface area contributed by atoms with Crippen LogP contribution < -0.4 is 10.2 Å². The summed E-state index contributed by atoms with van der Waals surface area (Å²) in [6, 6.07) is 14.4. The summed E-state index contributed by atoms with van der Waals surface area (Å²) >= 11 is 0. The van der Waals surface area contributed by atoms with E-state index in [0.29, 0.717) is 6.54 Å². The molecule has 4 nitrogen and oxygen atoms in total. The van der Waals surface area contributed by atoms with Gasteiger partial charge in [0.2, 0.25) is 11.8 Å². The molecule has 1 fully saturated rings. The van der Waals surface area contributed by atoms with Gasteiger partial charge in [-0.25, -0.2) is 4.39 Å². The second kappa shape index (κ2) is 7.47. The minimum Gasteiger partial charge on any atom is -0.359 e. The molecule has 1 heterocycles. The highest BCUT2D eigenvalue weighted by Crippen LogP contribution is 2.25. The highest BCUT2D eigenvalue weighted by atomic mass is 19.1. The van der Waals surface area contributed by atoms with E-state index in [1.807, 2.05) is 30.3 Å². The maximum absolute atomic E-state index is 13.2. The molecule has 0 radical (unpaired) electrons. The maximum atomic E-state index is 13.2. The SMILES string of the molecule is CNC(=O)[C@H]1CC(=O)N(c2ccc(CCc3cccc(F)c3)cc2)C1. The van der Waals surface area contributed by atoms with E-state index in [1.165, 1.54) is 6.07 Å². The topological polar surface area (TPSA) is 49.4 Å². The Morgan fingerprint density at radius 1 is 1.16 bits per heavy atom. The summed E-state index contributed by atoms with van der Waals surface area (Å²) in [5, 5.41) is 2.60. The van der Waals surface area contributed by atoms with Crippen molar-refractivity contribution >= 4 is 17.5 Å². The molecule has 5 heteroatoms. The van der Waals surface area contributed by atoms with E-state index in [0.717, 1.165) is 29.7 Å². The molecule has 1 saturated heterocycles.